The Balaban J connectivity index is 1.95. The zero-order chi connectivity index (χ0) is 18.9. The second-order valence-corrected chi connectivity index (χ2v) is 9.61. The Kier molecular flexibility index (Phi) is 5.81. The number of benzene rings is 1. The number of methoxy groups -OCH3 is 1. The van der Waals surface area contributed by atoms with E-state index in [4.69, 9.17) is 27.9 Å². The Morgan fingerprint density at radius 3 is 2.54 bits per heavy atom. The van der Waals surface area contributed by atoms with Crippen LogP contribution in [0.3, 0.4) is 0 Å². The molecule has 140 valence electrons. The van der Waals surface area contributed by atoms with Gasteiger partial charge in [-0.15, -0.1) is 11.3 Å². The molecule has 0 atom stereocenters. The number of halogens is 2. The number of ether oxygens (including phenoxy) is 1. The first-order chi connectivity index (χ1) is 12.3. The van der Waals surface area contributed by atoms with E-state index in [0.717, 1.165) is 36.1 Å². The number of esters is 1. The lowest BCUT2D eigenvalue weighted by Crippen LogP contribution is -2.17. The SMILES string of the molecule is COC(=O)c1c(NS(=O)(=O)Cc2c(Cl)cccc2Cl)sc2c1CCCC2. The van der Waals surface area contributed by atoms with Gasteiger partial charge in [0.2, 0.25) is 10.0 Å². The lowest BCUT2D eigenvalue weighted by molar-refractivity contribution is 0.0601. The summed E-state index contributed by atoms with van der Waals surface area (Å²) in [6.07, 6.45) is 3.57. The number of fused-ring (bicyclic) bond motifs is 1. The molecule has 3 rings (SSSR count). The Morgan fingerprint density at radius 1 is 1.23 bits per heavy atom. The number of thiophene rings is 1. The molecule has 2 aromatic rings. The van der Waals surface area contributed by atoms with E-state index in [-0.39, 0.29) is 15.8 Å². The van der Waals surface area contributed by atoms with Crippen LogP contribution in [0.15, 0.2) is 18.2 Å². The van der Waals surface area contributed by atoms with Gasteiger partial charge in [0.1, 0.15) is 5.00 Å². The maximum Gasteiger partial charge on any atom is 0.341 e. The first kappa shape index (κ1) is 19.5. The van der Waals surface area contributed by atoms with Crippen LogP contribution < -0.4 is 4.72 Å². The van der Waals surface area contributed by atoms with Crippen molar-refractivity contribution in [3.05, 3.63) is 49.8 Å². The van der Waals surface area contributed by atoms with Crippen molar-refractivity contribution in [2.75, 3.05) is 11.8 Å². The van der Waals surface area contributed by atoms with Crippen LogP contribution in [0, 0.1) is 0 Å². The molecule has 26 heavy (non-hydrogen) atoms. The first-order valence-corrected chi connectivity index (χ1v) is 11.2. The fourth-order valence-corrected chi connectivity index (χ4v) is 6.51. The van der Waals surface area contributed by atoms with Crippen LogP contribution in [-0.4, -0.2) is 21.5 Å². The molecule has 0 unspecified atom stereocenters. The number of rotatable bonds is 5. The van der Waals surface area contributed by atoms with Gasteiger partial charge in [0.25, 0.3) is 0 Å². The van der Waals surface area contributed by atoms with Crippen LogP contribution in [0.2, 0.25) is 10.0 Å². The number of anilines is 1. The van der Waals surface area contributed by atoms with E-state index in [9.17, 15) is 13.2 Å². The van der Waals surface area contributed by atoms with E-state index < -0.39 is 16.0 Å². The Morgan fingerprint density at radius 2 is 1.88 bits per heavy atom. The van der Waals surface area contributed by atoms with Crippen LogP contribution in [-0.2, 0) is 33.4 Å². The minimum Gasteiger partial charge on any atom is -0.465 e. The van der Waals surface area contributed by atoms with Crippen molar-refractivity contribution >= 4 is 55.5 Å². The highest BCUT2D eigenvalue weighted by atomic mass is 35.5. The van der Waals surface area contributed by atoms with E-state index in [0.29, 0.717) is 16.1 Å². The highest BCUT2D eigenvalue weighted by Gasteiger charge is 2.28. The van der Waals surface area contributed by atoms with E-state index in [1.54, 1.807) is 18.2 Å². The monoisotopic (exact) mass is 433 g/mol. The molecular weight excluding hydrogens is 417 g/mol. The van der Waals surface area contributed by atoms with Crippen molar-refractivity contribution in [1.29, 1.82) is 0 Å². The van der Waals surface area contributed by atoms with Gasteiger partial charge in [-0.3, -0.25) is 4.72 Å². The highest BCUT2D eigenvalue weighted by molar-refractivity contribution is 7.92. The predicted molar refractivity (Wildman–Crippen MR) is 105 cm³/mol. The molecule has 0 bridgehead atoms. The largest absolute Gasteiger partial charge is 0.465 e. The van der Waals surface area contributed by atoms with Gasteiger partial charge < -0.3 is 4.74 Å². The molecule has 0 spiro atoms. The molecule has 1 aromatic heterocycles. The number of hydrogen-bond acceptors (Lipinski definition) is 5. The van der Waals surface area contributed by atoms with Crippen LogP contribution in [0.5, 0.6) is 0 Å². The average molecular weight is 434 g/mol. The quantitative estimate of drug-likeness (QED) is 0.695. The Bertz CT molecular complexity index is 934. The van der Waals surface area contributed by atoms with Gasteiger partial charge >= 0.3 is 5.97 Å². The number of carbonyl (C=O) groups is 1. The number of hydrogen-bond donors (Lipinski definition) is 1. The van der Waals surface area contributed by atoms with Crippen LogP contribution >= 0.6 is 34.5 Å². The van der Waals surface area contributed by atoms with Crippen molar-refractivity contribution in [2.45, 2.75) is 31.4 Å². The Labute approximate surface area is 166 Å². The summed E-state index contributed by atoms with van der Waals surface area (Å²) in [4.78, 5) is 13.3. The second kappa shape index (κ2) is 7.76. The normalized spacial score (nSPS) is 14.0. The molecule has 9 heteroatoms. The van der Waals surface area contributed by atoms with Gasteiger partial charge in [0, 0.05) is 20.5 Å². The van der Waals surface area contributed by atoms with Crippen molar-refractivity contribution in [3.63, 3.8) is 0 Å². The third-order valence-corrected chi connectivity index (χ3v) is 7.43. The maximum absolute atomic E-state index is 12.7. The molecular formula is C17H17Cl2NO4S2. The van der Waals surface area contributed by atoms with E-state index in [1.807, 2.05) is 0 Å². The molecule has 5 nitrogen and oxygen atoms in total. The standard InChI is InChI=1S/C17H17Cl2NO4S2/c1-24-17(21)15-10-5-2-3-8-14(10)25-16(15)20-26(22,23)9-11-12(18)6-4-7-13(11)19/h4,6-7,20H,2-3,5,8-9H2,1H3. The van der Waals surface area contributed by atoms with Crippen LogP contribution in [0.25, 0.3) is 0 Å². The van der Waals surface area contributed by atoms with Crippen molar-refractivity contribution in [2.24, 2.45) is 0 Å². The zero-order valence-electron chi connectivity index (χ0n) is 14.0. The van der Waals surface area contributed by atoms with Gasteiger partial charge in [-0.25, -0.2) is 13.2 Å². The van der Waals surface area contributed by atoms with Gasteiger partial charge in [-0.1, -0.05) is 29.3 Å². The number of sulfonamides is 1. The molecule has 1 heterocycles. The minimum atomic E-state index is -3.81. The number of aryl methyl sites for hydroxylation is 1. The van der Waals surface area contributed by atoms with E-state index in [1.165, 1.54) is 18.4 Å². The molecule has 1 aliphatic carbocycles. The molecule has 1 N–H and O–H groups in total. The second-order valence-electron chi connectivity index (χ2n) is 5.97. The summed E-state index contributed by atoms with van der Waals surface area (Å²) in [6.45, 7) is 0. The highest BCUT2D eigenvalue weighted by Crippen LogP contribution is 2.39. The van der Waals surface area contributed by atoms with Gasteiger partial charge in [0.15, 0.2) is 0 Å². The van der Waals surface area contributed by atoms with Crippen LogP contribution in [0.4, 0.5) is 5.00 Å². The summed E-state index contributed by atoms with van der Waals surface area (Å²) in [5, 5.41) is 0.856. The fourth-order valence-electron chi connectivity index (χ4n) is 2.99. The smallest absolute Gasteiger partial charge is 0.341 e. The summed E-state index contributed by atoms with van der Waals surface area (Å²) >= 11 is 13.4. The topological polar surface area (TPSA) is 72.5 Å². The molecule has 0 saturated heterocycles. The molecule has 0 amide bonds. The summed E-state index contributed by atoms with van der Waals surface area (Å²) < 4.78 is 32.7. The lowest BCUT2D eigenvalue weighted by atomic mass is 9.95. The van der Waals surface area contributed by atoms with Crippen molar-refractivity contribution in [1.82, 2.24) is 0 Å². The van der Waals surface area contributed by atoms with Gasteiger partial charge in [-0.05, 0) is 43.4 Å². The zero-order valence-corrected chi connectivity index (χ0v) is 17.1. The first-order valence-electron chi connectivity index (χ1n) is 7.98. The summed E-state index contributed by atoms with van der Waals surface area (Å²) in [5.74, 6) is -0.910. The van der Waals surface area contributed by atoms with Crippen LogP contribution in [0.1, 0.15) is 39.2 Å². The minimum absolute atomic E-state index is 0.279. The fraction of sp³-hybridized carbons (Fsp3) is 0.353. The third kappa shape index (κ3) is 4.01. The molecule has 0 saturated carbocycles. The average Bonchev–Trinajstić information content (AvgIpc) is 2.94. The van der Waals surface area contributed by atoms with Gasteiger partial charge in [-0.2, -0.15) is 0 Å². The summed E-state index contributed by atoms with van der Waals surface area (Å²) in [7, 11) is -2.52. The van der Waals surface area contributed by atoms with Crippen molar-refractivity contribution < 1.29 is 17.9 Å². The van der Waals surface area contributed by atoms with E-state index >= 15 is 0 Å². The molecule has 0 aliphatic heterocycles. The summed E-state index contributed by atoms with van der Waals surface area (Å²) in [5.41, 5.74) is 1.53. The number of nitrogens with one attached hydrogen (secondary N) is 1. The maximum atomic E-state index is 12.7. The van der Waals surface area contributed by atoms with E-state index in [2.05, 4.69) is 4.72 Å². The van der Waals surface area contributed by atoms with Crippen molar-refractivity contribution in [3.8, 4) is 0 Å². The predicted octanol–water partition coefficient (Wildman–Crippen LogP) is 4.66. The molecule has 0 fully saturated rings. The lowest BCUT2D eigenvalue weighted by Gasteiger charge is -2.12. The molecule has 1 aromatic carbocycles. The third-order valence-electron chi connectivity index (χ3n) is 4.21. The number of carbonyl (C=O) groups excluding carboxylic acids is 1. The Hall–Kier alpha value is -1.28. The molecule has 1 aliphatic rings. The molecule has 0 radical (unpaired) electrons. The summed E-state index contributed by atoms with van der Waals surface area (Å²) in [6, 6.07) is 4.82. The van der Waals surface area contributed by atoms with Gasteiger partial charge in [0.05, 0.1) is 18.4 Å².